The molecule has 0 aliphatic carbocycles. The minimum Gasteiger partial charge on any atom is -0.497 e. The number of rotatable bonds is 5. The van der Waals surface area contributed by atoms with Gasteiger partial charge in [0.15, 0.2) is 6.61 Å². The number of thiophene rings is 1. The molecular weight excluding hydrogens is 356 g/mol. The van der Waals surface area contributed by atoms with Crippen LogP contribution in [0.1, 0.15) is 22.0 Å². The van der Waals surface area contributed by atoms with Crippen molar-refractivity contribution in [2.45, 2.75) is 13.5 Å². The first kappa shape index (κ1) is 16.3. The van der Waals surface area contributed by atoms with Crippen LogP contribution in [0.2, 0.25) is 0 Å². The molecule has 4 rings (SSSR count). The fraction of sp³-hybridized carbons (Fsp3) is 0.167. The molecule has 132 valence electrons. The van der Waals surface area contributed by atoms with Crippen molar-refractivity contribution in [3.05, 3.63) is 52.9 Å². The van der Waals surface area contributed by atoms with E-state index in [0.29, 0.717) is 22.7 Å². The highest BCUT2D eigenvalue weighted by atomic mass is 32.1. The SMILES string of the molecule is COc1ccc2oc(C(=O)OCc3nc(-c4cccs4)no3)c(C)c2c1. The standard InChI is InChI=1S/C18H14N2O5S/c1-10-12-8-11(22-2)5-6-13(12)24-16(10)18(21)23-9-15-19-17(20-25-15)14-4-3-7-26-14/h3-8H,9H2,1-2H3. The maximum atomic E-state index is 12.4. The molecule has 0 atom stereocenters. The molecule has 3 aromatic heterocycles. The molecule has 8 heteroatoms. The Balaban J connectivity index is 1.50. The van der Waals surface area contributed by atoms with E-state index in [9.17, 15) is 4.79 Å². The number of aromatic nitrogens is 2. The van der Waals surface area contributed by atoms with Crippen LogP contribution >= 0.6 is 11.3 Å². The van der Waals surface area contributed by atoms with E-state index in [0.717, 1.165) is 10.3 Å². The van der Waals surface area contributed by atoms with Crippen molar-refractivity contribution in [1.29, 1.82) is 0 Å². The third-order valence-electron chi connectivity index (χ3n) is 3.87. The summed E-state index contributed by atoms with van der Waals surface area (Å²) in [5.41, 5.74) is 1.28. The summed E-state index contributed by atoms with van der Waals surface area (Å²) in [6, 6.07) is 9.12. The molecule has 0 saturated heterocycles. The number of benzene rings is 1. The summed E-state index contributed by atoms with van der Waals surface area (Å²) in [5.74, 6) is 0.934. The Bertz CT molecular complexity index is 1060. The van der Waals surface area contributed by atoms with E-state index in [4.69, 9.17) is 18.4 Å². The molecular formula is C18H14N2O5S. The third kappa shape index (κ3) is 2.95. The summed E-state index contributed by atoms with van der Waals surface area (Å²) in [6.45, 7) is 1.67. The van der Waals surface area contributed by atoms with Crippen molar-refractivity contribution < 1.29 is 23.2 Å². The quantitative estimate of drug-likeness (QED) is 0.486. The number of ether oxygens (including phenoxy) is 2. The van der Waals surface area contributed by atoms with Crippen molar-refractivity contribution in [3.63, 3.8) is 0 Å². The predicted octanol–water partition coefficient (Wildman–Crippen LogP) is 4.22. The highest BCUT2D eigenvalue weighted by molar-refractivity contribution is 7.13. The lowest BCUT2D eigenvalue weighted by atomic mass is 10.1. The Morgan fingerprint density at radius 2 is 2.19 bits per heavy atom. The normalized spacial score (nSPS) is 11.0. The van der Waals surface area contributed by atoms with Crippen LogP contribution in [0.25, 0.3) is 21.7 Å². The summed E-state index contributed by atoms with van der Waals surface area (Å²) in [7, 11) is 1.58. The van der Waals surface area contributed by atoms with E-state index in [1.165, 1.54) is 11.3 Å². The number of aryl methyl sites for hydroxylation is 1. The monoisotopic (exact) mass is 370 g/mol. The van der Waals surface area contributed by atoms with E-state index in [1.54, 1.807) is 26.2 Å². The number of nitrogens with zero attached hydrogens (tertiary/aromatic N) is 2. The molecule has 7 nitrogen and oxygen atoms in total. The summed E-state index contributed by atoms with van der Waals surface area (Å²) in [5, 5.41) is 6.60. The zero-order valence-electron chi connectivity index (χ0n) is 14.0. The predicted molar refractivity (Wildman–Crippen MR) is 94.2 cm³/mol. The lowest BCUT2D eigenvalue weighted by Crippen LogP contribution is -2.05. The van der Waals surface area contributed by atoms with Crippen LogP contribution < -0.4 is 4.74 Å². The number of carbonyl (C=O) groups excluding carboxylic acids is 1. The number of furan rings is 1. The van der Waals surface area contributed by atoms with Gasteiger partial charge in [0.2, 0.25) is 11.6 Å². The van der Waals surface area contributed by atoms with Gasteiger partial charge in [-0.25, -0.2) is 4.79 Å². The van der Waals surface area contributed by atoms with E-state index in [2.05, 4.69) is 10.1 Å². The van der Waals surface area contributed by atoms with E-state index in [-0.39, 0.29) is 18.3 Å². The zero-order chi connectivity index (χ0) is 18.1. The van der Waals surface area contributed by atoms with Gasteiger partial charge < -0.3 is 18.4 Å². The van der Waals surface area contributed by atoms with Gasteiger partial charge in [0, 0.05) is 10.9 Å². The molecule has 0 amide bonds. The van der Waals surface area contributed by atoms with Gasteiger partial charge in [-0.1, -0.05) is 11.2 Å². The van der Waals surface area contributed by atoms with Crippen molar-refractivity contribution in [3.8, 4) is 16.5 Å². The van der Waals surface area contributed by atoms with Crippen LogP contribution in [0.3, 0.4) is 0 Å². The molecule has 0 N–H and O–H groups in total. The molecule has 0 aliphatic heterocycles. The Hall–Kier alpha value is -3.13. The first-order valence-electron chi connectivity index (χ1n) is 7.76. The van der Waals surface area contributed by atoms with Gasteiger partial charge in [-0.2, -0.15) is 4.98 Å². The topological polar surface area (TPSA) is 87.6 Å². The van der Waals surface area contributed by atoms with Crippen molar-refractivity contribution in [2.75, 3.05) is 7.11 Å². The Kier molecular flexibility index (Phi) is 4.18. The fourth-order valence-electron chi connectivity index (χ4n) is 2.53. The van der Waals surface area contributed by atoms with Gasteiger partial charge in [0.25, 0.3) is 5.89 Å². The van der Waals surface area contributed by atoms with Crippen LogP contribution in [0.4, 0.5) is 0 Å². The largest absolute Gasteiger partial charge is 0.497 e. The van der Waals surface area contributed by atoms with Crippen LogP contribution in [-0.4, -0.2) is 23.2 Å². The molecule has 0 bridgehead atoms. The van der Waals surface area contributed by atoms with Crippen molar-refractivity contribution in [2.24, 2.45) is 0 Å². The van der Waals surface area contributed by atoms with E-state index in [1.807, 2.05) is 23.6 Å². The maximum Gasteiger partial charge on any atom is 0.375 e. The average Bonchev–Trinajstić information content (AvgIpc) is 3.39. The minimum absolute atomic E-state index is 0.128. The summed E-state index contributed by atoms with van der Waals surface area (Å²) >= 11 is 1.50. The van der Waals surface area contributed by atoms with Crippen molar-refractivity contribution in [1.82, 2.24) is 10.1 Å². The molecule has 0 spiro atoms. The summed E-state index contributed by atoms with van der Waals surface area (Å²) in [4.78, 5) is 17.5. The Morgan fingerprint density at radius 3 is 2.96 bits per heavy atom. The van der Waals surface area contributed by atoms with Crippen LogP contribution in [0, 0.1) is 6.92 Å². The highest BCUT2D eigenvalue weighted by Gasteiger charge is 2.20. The van der Waals surface area contributed by atoms with E-state index >= 15 is 0 Å². The number of fused-ring (bicyclic) bond motifs is 1. The van der Waals surface area contributed by atoms with Gasteiger partial charge in [-0.05, 0) is 36.6 Å². The molecule has 0 aliphatic rings. The lowest BCUT2D eigenvalue weighted by molar-refractivity contribution is 0.0395. The molecule has 4 aromatic rings. The van der Waals surface area contributed by atoms with Gasteiger partial charge in [-0.3, -0.25) is 0 Å². The average molecular weight is 370 g/mol. The summed E-state index contributed by atoms with van der Waals surface area (Å²) in [6.07, 6.45) is 0. The molecule has 1 aromatic carbocycles. The molecule has 3 heterocycles. The molecule has 0 unspecified atom stereocenters. The number of hydrogen-bond donors (Lipinski definition) is 0. The molecule has 0 radical (unpaired) electrons. The van der Waals surface area contributed by atoms with Gasteiger partial charge in [-0.15, -0.1) is 11.3 Å². The fourth-order valence-corrected chi connectivity index (χ4v) is 3.18. The smallest absolute Gasteiger partial charge is 0.375 e. The number of methoxy groups -OCH3 is 1. The second kappa shape index (κ2) is 6.64. The van der Waals surface area contributed by atoms with E-state index < -0.39 is 5.97 Å². The third-order valence-corrected chi connectivity index (χ3v) is 4.73. The van der Waals surface area contributed by atoms with Crippen LogP contribution in [0.5, 0.6) is 5.75 Å². The molecule has 26 heavy (non-hydrogen) atoms. The van der Waals surface area contributed by atoms with Crippen LogP contribution in [-0.2, 0) is 11.3 Å². The van der Waals surface area contributed by atoms with Crippen molar-refractivity contribution >= 4 is 28.3 Å². The lowest BCUT2D eigenvalue weighted by Gasteiger charge is -1.99. The zero-order valence-corrected chi connectivity index (χ0v) is 14.8. The molecule has 0 saturated carbocycles. The summed E-state index contributed by atoms with van der Waals surface area (Å²) < 4.78 is 21.2. The Morgan fingerprint density at radius 1 is 1.31 bits per heavy atom. The highest BCUT2D eigenvalue weighted by Crippen LogP contribution is 2.29. The maximum absolute atomic E-state index is 12.4. The van der Waals surface area contributed by atoms with Crippen LogP contribution in [0.15, 0.2) is 44.7 Å². The first-order valence-corrected chi connectivity index (χ1v) is 8.64. The first-order chi connectivity index (χ1) is 12.7. The van der Waals surface area contributed by atoms with Gasteiger partial charge in [0.1, 0.15) is 11.3 Å². The Labute approximate surface area is 152 Å². The number of hydrogen-bond acceptors (Lipinski definition) is 8. The molecule has 0 fully saturated rings. The number of esters is 1. The number of carbonyl (C=O) groups is 1. The van der Waals surface area contributed by atoms with Gasteiger partial charge in [0.05, 0.1) is 12.0 Å². The second-order valence-electron chi connectivity index (χ2n) is 5.48. The van der Waals surface area contributed by atoms with Gasteiger partial charge >= 0.3 is 5.97 Å². The minimum atomic E-state index is -0.589. The second-order valence-corrected chi connectivity index (χ2v) is 6.43.